The Labute approximate surface area is 125 Å². The molecule has 5 nitrogen and oxygen atoms in total. The van der Waals surface area contributed by atoms with E-state index >= 15 is 0 Å². The van der Waals surface area contributed by atoms with Crippen molar-refractivity contribution < 1.29 is 23.4 Å². The number of aromatic nitrogens is 2. The van der Waals surface area contributed by atoms with E-state index in [9.17, 15) is 18.7 Å². The molecule has 0 bridgehead atoms. The van der Waals surface area contributed by atoms with Crippen LogP contribution in [0.3, 0.4) is 0 Å². The predicted octanol–water partition coefficient (Wildman–Crippen LogP) is 3.14. The van der Waals surface area contributed by atoms with Gasteiger partial charge in [-0.15, -0.1) is 0 Å². The van der Waals surface area contributed by atoms with Crippen LogP contribution in [0, 0.1) is 6.92 Å². The van der Waals surface area contributed by atoms with Crippen molar-refractivity contribution in [3.8, 4) is 11.4 Å². The zero-order chi connectivity index (χ0) is 16.0. The standard InChI is InChI=1S/C15H14F2N2O3/c1-7-5-12-13(14(20)21)8(2)18-19(12)11-4-3-9(6-10(7)11)22-15(16)17/h3-4,6-7,15H,5H2,1-2H3,(H,20,21). The molecule has 3 rings (SSSR count). The first-order chi connectivity index (χ1) is 10.4. The predicted molar refractivity (Wildman–Crippen MR) is 74.0 cm³/mol. The number of carbonyl (C=O) groups is 1. The van der Waals surface area contributed by atoms with Crippen LogP contribution in [0.1, 0.15) is 40.2 Å². The number of alkyl halides is 2. The lowest BCUT2D eigenvalue weighted by molar-refractivity contribution is -0.0499. The summed E-state index contributed by atoms with van der Waals surface area (Å²) in [6, 6.07) is 4.63. The van der Waals surface area contributed by atoms with E-state index in [1.165, 1.54) is 6.07 Å². The Balaban J connectivity index is 2.14. The molecule has 7 heteroatoms. The Morgan fingerprint density at radius 1 is 1.50 bits per heavy atom. The summed E-state index contributed by atoms with van der Waals surface area (Å²) in [6.07, 6.45) is 0.480. The molecular weight excluding hydrogens is 294 g/mol. The first-order valence-corrected chi connectivity index (χ1v) is 6.79. The van der Waals surface area contributed by atoms with E-state index in [0.29, 0.717) is 23.5 Å². The molecule has 116 valence electrons. The summed E-state index contributed by atoms with van der Waals surface area (Å²) in [5, 5.41) is 13.6. The quantitative estimate of drug-likeness (QED) is 0.946. The number of aromatic carboxylic acids is 1. The lowest BCUT2D eigenvalue weighted by atomic mass is 9.90. The molecule has 0 saturated carbocycles. The van der Waals surface area contributed by atoms with Gasteiger partial charge >= 0.3 is 12.6 Å². The van der Waals surface area contributed by atoms with E-state index in [1.807, 2.05) is 6.92 Å². The van der Waals surface area contributed by atoms with Crippen molar-refractivity contribution >= 4 is 5.97 Å². The van der Waals surface area contributed by atoms with Crippen LogP contribution in [0.25, 0.3) is 5.69 Å². The number of rotatable bonds is 3. The number of carboxylic acids is 1. The van der Waals surface area contributed by atoms with Gasteiger partial charge in [0.15, 0.2) is 0 Å². The molecule has 1 N–H and O–H groups in total. The normalized spacial score (nSPS) is 16.3. The van der Waals surface area contributed by atoms with Crippen molar-refractivity contribution in [2.24, 2.45) is 0 Å². The molecule has 0 spiro atoms. The molecule has 1 aliphatic rings. The summed E-state index contributed by atoms with van der Waals surface area (Å²) in [5.74, 6) is -0.934. The van der Waals surface area contributed by atoms with E-state index in [0.717, 1.165) is 5.56 Å². The summed E-state index contributed by atoms with van der Waals surface area (Å²) in [6.45, 7) is 0.689. The number of halogens is 2. The number of fused-ring (bicyclic) bond motifs is 3. The second-order valence-electron chi connectivity index (χ2n) is 5.33. The fraction of sp³-hybridized carbons (Fsp3) is 0.333. The molecular formula is C15H14F2N2O3. The SMILES string of the molecule is Cc1nn2c(c1C(=O)O)CC(C)c1cc(OC(F)F)ccc1-2. The molecule has 1 aliphatic heterocycles. The number of aryl methyl sites for hydroxylation is 1. The van der Waals surface area contributed by atoms with Crippen molar-refractivity contribution in [2.45, 2.75) is 32.8 Å². The number of ether oxygens (including phenoxy) is 1. The van der Waals surface area contributed by atoms with Gasteiger partial charge < -0.3 is 9.84 Å². The van der Waals surface area contributed by atoms with Gasteiger partial charge in [-0.3, -0.25) is 0 Å². The van der Waals surface area contributed by atoms with Gasteiger partial charge in [0.05, 0.1) is 17.1 Å². The fourth-order valence-corrected chi connectivity index (χ4v) is 2.94. The minimum absolute atomic E-state index is 0.0158. The van der Waals surface area contributed by atoms with E-state index in [2.05, 4.69) is 9.84 Å². The summed E-state index contributed by atoms with van der Waals surface area (Å²) in [5.41, 5.74) is 2.80. The minimum atomic E-state index is -2.88. The van der Waals surface area contributed by atoms with E-state index < -0.39 is 12.6 Å². The van der Waals surface area contributed by atoms with Gasteiger partial charge in [-0.05, 0) is 43.0 Å². The third kappa shape index (κ3) is 2.22. The first kappa shape index (κ1) is 14.5. The zero-order valence-corrected chi connectivity index (χ0v) is 12.0. The second-order valence-corrected chi connectivity index (χ2v) is 5.33. The van der Waals surface area contributed by atoms with Crippen molar-refractivity contribution in [3.63, 3.8) is 0 Å². The maximum absolute atomic E-state index is 12.3. The number of hydrogen-bond donors (Lipinski definition) is 1. The van der Waals surface area contributed by atoms with E-state index in [1.54, 1.807) is 23.7 Å². The summed E-state index contributed by atoms with van der Waals surface area (Å²) in [4.78, 5) is 11.4. The Bertz CT molecular complexity index is 755. The van der Waals surface area contributed by atoms with Gasteiger partial charge in [-0.25, -0.2) is 9.48 Å². The lowest BCUT2D eigenvalue weighted by Crippen LogP contribution is -2.18. The van der Waals surface area contributed by atoms with Gasteiger partial charge in [-0.2, -0.15) is 13.9 Å². The molecule has 2 heterocycles. The Kier molecular flexibility index (Phi) is 3.35. The highest BCUT2D eigenvalue weighted by Crippen LogP contribution is 2.37. The molecule has 0 amide bonds. The monoisotopic (exact) mass is 308 g/mol. The second kappa shape index (κ2) is 5.08. The Morgan fingerprint density at radius 2 is 2.23 bits per heavy atom. The fourth-order valence-electron chi connectivity index (χ4n) is 2.94. The number of hydrogen-bond acceptors (Lipinski definition) is 3. The molecule has 2 aromatic rings. The Morgan fingerprint density at radius 3 is 2.86 bits per heavy atom. The van der Waals surface area contributed by atoms with Gasteiger partial charge in [0.2, 0.25) is 0 Å². The molecule has 1 unspecified atom stereocenters. The first-order valence-electron chi connectivity index (χ1n) is 6.79. The molecule has 1 aromatic carbocycles. The van der Waals surface area contributed by atoms with Crippen molar-refractivity contribution in [3.05, 3.63) is 40.7 Å². The Hall–Kier alpha value is -2.44. The van der Waals surface area contributed by atoms with Crippen LogP contribution in [-0.2, 0) is 6.42 Å². The van der Waals surface area contributed by atoms with Crippen LogP contribution in [-0.4, -0.2) is 27.5 Å². The molecule has 22 heavy (non-hydrogen) atoms. The largest absolute Gasteiger partial charge is 0.478 e. The number of benzene rings is 1. The van der Waals surface area contributed by atoms with Gasteiger partial charge in [0, 0.05) is 0 Å². The van der Waals surface area contributed by atoms with Crippen LogP contribution in [0.5, 0.6) is 5.75 Å². The summed E-state index contributed by atoms with van der Waals surface area (Å²) in [7, 11) is 0. The summed E-state index contributed by atoms with van der Waals surface area (Å²) < 4.78 is 30.7. The zero-order valence-electron chi connectivity index (χ0n) is 12.0. The van der Waals surface area contributed by atoms with Crippen LogP contribution >= 0.6 is 0 Å². The van der Waals surface area contributed by atoms with Crippen LogP contribution in [0.15, 0.2) is 18.2 Å². The maximum atomic E-state index is 12.3. The van der Waals surface area contributed by atoms with Crippen molar-refractivity contribution in [2.75, 3.05) is 0 Å². The third-order valence-electron chi connectivity index (χ3n) is 3.85. The highest BCUT2D eigenvalue weighted by atomic mass is 19.3. The topological polar surface area (TPSA) is 64.4 Å². The number of nitrogens with zero attached hydrogens (tertiary/aromatic N) is 2. The maximum Gasteiger partial charge on any atom is 0.387 e. The lowest BCUT2D eigenvalue weighted by Gasteiger charge is -2.24. The highest BCUT2D eigenvalue weighted by Gasteiger charge is 2.29. The van der Waals surface area contributed by atoms with E-state index in [-0.39, 0.29) is 17.2 Å². The van der Waals surface area contributed by atoms with Gasteiger partial charge in [0.25, 0.3) is 0 Å². The molecule has 1 aromatic heterocycles. The van der Waals surface area contributed by atoms with Gasteiger partial charge in [0.1, 0.15) is 11.3 Å². The van der Waals surface area contributed by atoms with Crippen LogP contribution in [0.4, 0.5) is 8.78 Å². The molecule has 1 atom stereocenters. The van der Waals surface area contributed by atoms with Crippen molar-refractivity contribution in [1.82, 2.24) is 9.78 Å². The molecule has 0 radical (unpaired) electrons. The third-order valence-corrected chi connectivity index (χ3v) is 3.85. The minimum Gasteiger partial charge on any atom is -0.478 e. The molecule has 0 aliphatic carbocycles. The molecule has 0 saturated heterocycles. The average molecular weight is 308 g/mol. The summed E-state index contributed by atoms with van der Waals surface area (Å²) >= 11 is 0. The van der Waals surface area contributed by atoms with Crippen molar-refractivity contribution in [1.29, 1.82) is 0 Å². The average Bonchev–Trinajstić information content (AvgIpc) is 2.74. The van der Waals surface area contributed by atoms with Gasteiger partial charge in [-0.1, -0.05) is 6.92 Å². The highest BCUT2D eigenvalue weighted by molar-refractivity contribution is 5.90. The van der Waals surface area contributed by atoms with Crippen LogP contribution < -0.4 is 4.74 Å². The molecule has 0 fully saturated rings. The van der Waals surface area contributed by atoms with Crippen LogP contribution in [0.2, 0.25) is 0 Å². The smallest absolute Gasteiger partial charge is 0.387 e. The number of carboxylic acid groups (broad SMARTS) is 1. The van der Waals surface area contributed by atoms with E-state index in [4.69, 9.17) is 0 Å².